The van der Waals surface area contributed by atoms with Crippen molar-refractivity contribution in [1.29, 1.82) is 0 Å². The molecule has 1 saturated heterocycles. The van der Waals surface area contributed by atoms with Crippen molar-refractivity contribution in [3.05, 3.63) is 40.2 Å². The van der Waals surface area contributed by atoms with E-state index in [0.717, 1.165) is 54.5 Å². The lowest BCUT2D eigenvalue weighted by atomic mass is 10.1. The first-order valence-electron chi connectivity index (χ1n) is 8.39. The van der Waals surface area contributed by atoms with Crippen LogP contribution in [0.4, 0.5) is 0 Å². The van der Waals surface area contributed by atoms with Gasteiger partial charge in [-0.2, -0.15) is 11.8 Å². The van der Waals surface area contributed by atoms with Crippen LogP contribution >= 0.6 is 11.8 Å². The number of hydrogen-bond acceptors (Lipinski definition) is 5. The zero-order valence-corrected chi connectivity index (χ0v) is 14.8. The van der Waals surface area contributed by atoms with Gasteiger partial charge in [0.15, 0.2) is 0 Å². The Morgan fingerprint density at radius 1 is 1.21 bits per heavy atom. The lowest BCUT2D eigenvalue weighted by Gasteiger charge is -2.23. The predicted molar refractivity (Wildman–Crippen MR) is 96.4 cm³/mol. The molecule has 24 heavy (non-hydrogen) atoms. The van der Waals surface area contributed by atoms with E-state index in [-0.39, 0.29) is 5.63 Å². The largest absolute Gasteiger partial charge is 0.493 e. The van der Waals surface area contributed by atoms with Gasteiger partial charge >= 0.3 is 5.63 Å². The van der Waals surface area contributed by atoms with E-state index in [4.69, 9.17) is 13.9 Å². The van der Waals surface area contributed by atoms with Crippen LogP contribution < -0.4 is 15.3 Å². The Morgan fingerprint density at radius 2 is 2.04 bits per heavy atom. The topological polar surface area (TPSA) is 53.1 Å². The Bertz CT molecular complexity index is 725. The molecule has 130 valence electrons. The lowest BCUT2D eigenvalue weighted by molar-refractivity contribution is -0.905. The Kier molecular flexibility index (Phi) is 6.18. The van der Waals surface area contributed by atoms with Gasteiger partial charge in [0.2, 0.25) is 0 Å². The first-order valence-corrected chi connectivity index (χ1v) is 9.54. The van der Waals surface area contributed by atoms with E-state index in [2.05, 4.69) is 0 Å². The summed E-state index contributed by atoms with van der Waals surface area (Å²) in [5, 5.41) is 0.949. The third-order valence-electron chi connectivity index (χ3n) is 4.22. The fraction of sp³-hybridized carbons (Fsp3) is 0.500. The van der Waals surface area contributed by atoms with Crippen molar-refractivity contribution in [3.63, 3.8) is 0 Å². The van der Waals surface area contributed by atoms with Gasteiger partial charge in [0, 0.05) is 29.0 Å². The molecule has 0 atom stereocenters. The molecular weight excluding hydrogens is 326 g/mol. The van der Waals surface area contributed by atoms with Crippen molar-refractivity contribution in [2.24, 2.45) is 0 Å². The molecule has 1 N–H and O–H groups in total. The fourth-order valence-electron chi connectivity index (χ4n) is 2.84. The molecule has 0 unspecified atom stereocenters. The van der Waals surface area contributed by atoms with Crippen molar-refractivity contribution >= 4 is 22.7 Å². The third kappa shape index (κ3) is 4.75. The van der Waals surface area contributed by atoms with Gasteiger partial charge in [0.05, 0.1) is 26.4 Å². The predicted octanol–water partition coefficient (Wildman–Crippen LogP) is 1.13. The van der Waals surface area contributed by atoms with Gasteiger partial charge in [0.25, 0.3) is 0 Å². The maximum absolute atomic E-state index is 11.5. The van der Waals surface area contributed by atoms with Gasteiger partial charge in [-0.05, 0) is 24.6 Å². The van der Waals surface area contributed by atoms with Crippen LogP contribution in [0.15, 0.2) is 33.5 Å². The van der Waals surface area contributed by atoms with Gasteiger partial charge < -0.3 is 18.8 Å². The number of nitrogens with one attached hydrogen (secondary N) is 1. The van der Waals surface area contributed by atoms with Crippen molar-refractivity contribution in [1.82, 2.24) is 0 Å². The summed E-state index contributed by atoms with van der Waals surface area (Å²) in [6.45, 7) is 7.78. The standard InChI is InChI=1S/C18H23NO4S/c1-14-12-18(20)23-17-13-15(2-3-16(14)17)22-9-11-24-10-6-19-4-7-21-8-5-19/h2-3,12-13H,4-11H2,1H3/p+1. The average Bonchev–Trinajstić information content (AvgIpc) is 2.58. The third-order valence-corrected chi connectivity index (χ3v) is 5.17. The maximum atomic E-state index is 11.5. The molecule has 1 fully saturated rings. The molecule has 0 amide bonds. The minimum Gasteiger partial charge on any atom is -0.493 e. The highest BCUT2D eigenvalue weighted by Crippen LogP contribution is 2.22. The fourth-order valence-corrected chi connectivity index (χ4v) is 3.68. The van der Waals surface area contributed by atoms with E-state index in [0.29, 0.717) is 12.2 Å². The molecule has 0 bridgehead atoms. The van der Waals surface area contributed by atoms with Gasteiger partial charge in [-0.25, -0.2) is 4.79 Å². The second kappa shape index (κ2) is 8.55. The summed E-state index contributed by atoms with van der Waals surface area (Å²) in [6.07, 6.45) is 0. The molecular formula is C18H24NO4S+. The SMILES string of the molecule is Cc1cc(=O)oc2cc(OCCSCC[NH+]3CCOCC3)ccc12. The normalized spacial score (nSPS) is 15.7. The van der Waals surface area contributed by atoms with Crippen LogP contribution in [0.1, 0.15) is 5.56 Å². The first kappa shape index (κ1) is 17.3. The highest BCUT2D eigenvalue weighted by molar-refractivity contribution is 7.99. The molecule has 2 heterocycles. The van der Waals surface area contributed by atoms with Gasteiger partial charge in [-0.15, -0.1) is 0 Å². The molecule has 0 radical (unpaired) electrons. The first-order chi connectivity index (χ1) is 11.7. The highest BCUT2D eigenvalue weighted by atomic mass is 32.2. The number of rotatable bonds is 7. The summed E-state index contributed by atoms with van der Waals surface area (Å²) in [7, 11) is 0. The zero-order valence-electron chi connectivity index (χ0n) is 14.0. The van der Waals surface area contributed by atoms with E-state index >= 15 is 0 Å². The molecule has 1 aromatic carbocycles. The van der Waals surface area contributed by atoms with Crippen molar-refractivity contribution in [2.45, 2.75) is 6.92 Å². The maximum Gasteiger partial charge on any atom is 0.336 e. The van der Waals surface area contributed by atoms with Crippen LogP contribution in [-0.4, -0.2) is 51.0 Å². The van der Waals surface area contributed by atoms with Crippen molar-refractivity contribution in [3.8, 4) is 5.75 Å². The Morgan fingerprint density at radius 3 is 2.88 bits per heavy atom. The molecule has 1 aliphatic rings. The molecule has 5 nitrogen and oxygen atoms in total. The van der Waals surface area contributed by atoms with E-state index in [9.17, 15) is 4.79 Å². The van der Waals surface area contributed by atoms with E-state index in [1.165, 1.54) is 12.6 Å². The highest BCUT2D eigenvalue weighted by Gasteiger charge is 2.12. The van der Waals surface area contributed by atoms with E-state index in [1.54, 1.807) is 11.0 Å². The summed E-state index contributed by atoms with van der Waals surface area (Å²) in [5.74, 6) is 2.85. The molecule has 2 aromatic rings. The molecule has 6 heteroatoms. The Balaban J connectivity index is 1.41. The monoisotopic (exact) mass is 350 g/mol. The number of fused-ring (bicyclic) bond motifs is 1. The molecule has 1 aromatic heterocycles. The molecule has 0 spiro atoms. The summed E-state index contributed by atoms with van der Waals surface area (Å²) >= 11 is 1.91. The van der Waals surface area contributed by atoms with E-state index in [1.807, 2.05) is 30.8 Å². The second-order valence-corrected chi connectivity index (χ2v) is 7.20. The molecule has 1 aliphatic heterocycles. The summed E-state index contributed by atoms with van der Waals surface area (Å²) in [4.78, 5) is 13.1. The number of ether oxygens (including phenoxy) is 2. The minimum absolute atomic E-state index is 0.321. The van der Waals surface area contributed by atoms with Crippen LogP contribution in [0.3, 0.4) is 0 Å². The Labute approximate surface area is 145 Å². The van der Waals surface area contributed by atoms with E-state index < -0.39 is 0 Å². The summed E-state index contributed by atoms with van der Waals surface area (Å²) in [5.41, 5.74) is 1.19. The van der Waals surface area contributed by atoms with Gasteiger partial charge in [-0.1, -0.05) is 0 Å². The van der Waals surface area contributed by atoms with Crippen LogP contribution in [0.25, 0.3) is 11.0 Å². The lowest BCUT2D eigenvalue weighted by Crippen LogP contribution is -3.14. The van der Waals surface area contributed by atoms with Crippen LogP contribution in [0, 0.1) is 6.92 Å². The Hall–Kier alpha value is -1.50. The summed E-state index contributed by atoms with van der Waals surface area (Å²) < 4.78 is 16.4. The van der Waals surface area contributed by atoms with Gasteiger partial charge in [-0.3, -0.25) is 0 Å². The smallest absolute Gasteiger partial charge is 0.336 e. The molecule has 0 saturated carbocycles. The number of hydrogen-bond donors (Lipinski definition) is 1. The second-order valence-electron chi connectivity index (χ2n) is 5.98. The van der Waals surface area contributed by atoms with Crippen LogP contribution in [0.5, 0.6) is 5.75 Å². The quantitative estimate of drug-likeness (QED) is 0.599. The summed E-state index contributed by atoms with van der Waals surface area (Å²) in [6, 6.07) is 7.18. The molecule has 3 rings (SSSR count). The number of quaternary nitrogens is 1. The zero-order chi connectivity index (χ0) is 16.8. The van der Waals surface area contributed by atoms with Crippen LogP contribution in [-0.2, 0) is 4.74 Å². The van der Waals surface area contributed by atoms with Crippen molar-refractivity contribution < 1.29 is 18.8 Å². The number of thioether (sulfide) groups is 1. The van der Waals surface area contributed by atoms with Gasteiger partial charge in [0.1, 0.15) is 24.4 Å². The van der Waals surface area contributed by atoms with Crippen LogP contribution in [0.2, 0.25) is 0 Å². The number of benzene rings is 1. The minimum atomic E-state index is -0.321. The number of aryl methyl sites for hydroxylation is 1. The average molecular weight is 350 g/mol. The number of morpholine rings is 1. The van der Waals surface area contributed by atoms with Crippen molar-refractivity contribution in [2.75, 3.05) is 51.0 Å². The molecule has 0 aliphatic carbocycles.